The second-order valence-corrected chi connectivity index (χ2v) is 7.69. The van der Waals surface area contributed by atoms with Gasteiger partial charge >= 0.3 is 0 Å². The molecule has 2 heteroatoms. The van der Waals surface area contributed by atoms with Gasteiger partial charge < -0.3 is 10.2 Å². The highest BCUT2D eigenvalue weighted by molar-refractivity contribution is 5.46. The molecular formula is C18H28N2. The Kier molecular flexibility index (Phi) is 3.53. The number of piperidine rings is 1. The molecule has 0 aliphatic carbocycles. The lowest BCUT2D eigenvalue weighted by Crippen LogP contribution is -2.44. The summed E-state index contributed by atoms with van der Waals surface area (Å²) in [5.74, 6) is 0. The summed E-state index contributed by atoms with van der Waals surface area (Å²) in [6, 6.07) is 11.3. The van der Waals surface area contributed by atoms with E-state index in [0.29, 0.717) is 6.04 Å². The van der Waals surface area contributed by atoms with E-state index < -0.39 is 0 Å². The van der Waals surface area contributed by atoms with Crippen LogP contribution in [-0.2, 0) is 5.41 Å². The first-order chi connectivity index (χ1) is 9.43. The van der Waals surface area contributed by atoms with Crippen LogP contribution in [0, 0.1) is 0 Å². The van der Waals surface area contributed by atoms with Crippen LogP contribution in [0.2, 0.25) is 0 Å². The highest BCUT2D eigenvalue weighted by Gasteiger charge is 2.38. The molecular weight excluding hydrogens is 244 g/mol. The van der Waals surface area contributed by atoms with Crippen LogP contribution in [0.15, 0.2) is 24.3 Å². The fourth-order valence-corrected chi connectivity index (χ4v) is 3.83. The normalized spacial score (nSPS) is 30.5. The van der Waals surface area contributed by atoms with Gasteiger partial charge in [-0.15, -0.1) is 0 Å². The average molecular weight is 272 g/mol. The minimum Gasteiger partial charge on any atom is -0.382 e. The zero-order valence-corrected chi connectivity index (χ0v) is 13.3. The summed E-state index contributed by atoms with van der Waals surface area (Å²) < 4.78 is 0. The molecule has 1 aromatic carbocycles. The van der Waals surface area contributed by atoms with Gasteiger partial charge in [-0.05, 0) is 55.8 Å². The van der Waals surface area contributed by atoms with Gasteiger partial charge in [0, 0.05) is 23.8 Å². The summed E-state index contributed by atoms with van der Waals surface area (Å²) >= 11 is 0. The zero-order valence-electron chi connectivity index (χ0n) is 13.3. The summed E-state index contributed by atoms with van der Waals surface area (Å²) in [5.41, 5.74) is 2.93. The number of rotatable bonds is 2. The molecule has 3 rings (SSSR count). The molecule has 2 nitrogen and oxygen atoms in total. The lowest BCUT2D eigenvalue weighted by Gasteiger charge is -2.37. The third kappa shape index (κ3) is 2.71. The predicted octanol–water partition coefficient (Wildman–Crippen LogP) is 4.02. The van der Waals surface area contributed by atoms with Gasteiger partial charge in [0.2, 0.25) is 0 Å². The van der Waals surface area contributed by atoms with Crippen molar-refractivity contribution in [2.45, 2.75) is 70.0 Å². The first kappa shape index (κ1) is 13.9. The predicted molar refractivity (Wildman–Crippen MR) is 86.4 cm³/mol. The van der Waals surface area contributed by atoms with Crippen molar-refractivity contribution in [3.8, 4) is 0 Å². The summed E-state index contributed by atoms with van der Waals surface area (Å²) in [6.45, 7) is 6.80. The van der Waals surface area contributed by atoms with E-state index in [-0.39, 0.29) is 5.41 Å². The van der Waals surface area contributed by atoms with Crippen LogP contribution in [0.5, 0.6) is 0 Å². The maximum Gasteiger partial charge on any atom is 0.0342 e. The van der Waals surface area contributed by atoms with E-state index in [1.54, 1.807) is 0 Å². The van der Waals surface area contributed by atoms with Crippen LogP contribution in [0.1, 0.15) is 52.0 Å². The maximum atomic E-state index is 3.75. The molecule has 1 N–H and O–H groups in total. The standard InChI is InChI=1S/C18H28N2/c1-18(2,3)13-5-7-14(8-6-13)19-15-11-16-9-10-17(12-15)20(16)4/h5-8,15-17,19H,9-12H2,1-4H3. The van der Waals surface area contributed by atoms with Crippen molar-refractivity contribution in [3.05, 3.63) is 29.8 Å². The van der Waals surface area contributed by atoms with Crippen molar-refractivity contribution >= 4 is 5.69 Å². The molecule has 1 aromatic rings. The average Bonchev–Trinajstić information content (AvgIpc) is 2.62. The number of nitrogens with one attached hydrogen (secondary N) is 1. The molecule has 0 amide bonds. The Bertz CT molecular complexity index is 443. The molecule has 0 radical (unpaired) electrons. The summed E-state index contributed by atoms with van der Waals surface area (Å²) in [4.78, 5) is 2.60. The number of nitrogens with zero attached hydrogens (tertiary/aromatic N) is 1. The Labute approximate surface area is 123 Å². The molecule has 2 fully saturated rings. The van der Waals surface area contributed by atoms with Crippen molar-refractivity contribution in [1.29, 1.82) is 0 Å². The van der Waals surface area contributed by atoms with Crippen molar-refractivity contribution in [2.24, 2.45) is 0 Å². The first-order valence-electron chi connectivity index (χ1n) is 8.02. The largest absolute Gasteiger partial charge is 0.382 e. The number of fused-ring (bicyclic) bond motifs is 2. The Balaban J connectivity index is 1.64. The van der Waals surface area contributed by atoms with Crippen LogP contribution in [0.4, 0.5) is 5.69 Å². The van der Waals surface area contributed by atoms with E-state index in [4.69, 9.17) is 0 Å². The zero-order chi connectivity index (χ0) is 14.3. The first-order valence-corrected chi connectivity index (χ1v) is 8.02. The molecule has 2 aliphatic rings. The van der Waals surface area contributed by atoms with Crippen molar-refractivity contribution in [3.63, 3.8) is 0 Å². The van der Waals surface area contributed by atoms with Gasteiger partial charge in [-0.25, -0.2) is 0 Å². The minimum absolute atomic E-state index is 0.241. The molecule has 2 unspecified atom stereocenters. The molecule has 20 heavy (non-hydrogen) atoms. The van der Waals surface area contributed by atoms with E-state index in [2.05, 4.69) is 62.3 Å². The van der Waals surface area contributed by atoms with Crippen LogP contribution in [0.25, 0.3) is 0 Å². The lowest BCUT2D eigenvalue weighted by molar-refractivity contribution is 0.169. The van der Waals surface area contributed by atoms with Gasteiger partial charge in [-0.3, -0.25) is 0 Å². The van der Waals surface area contributed by atoms with E-state index in [0.717, 1.165) is 12.1 Å². The smallest absolute Gasteiger partial charge is 0.0342 e. The monoisotopic (exact) mass is 272 g/mol. The highest BCUT2D eigenvalue weighted by atomic mass is 15.2. The molecule has 0 saturated carbocycles. The van der Waals surface area contributed by atoms with E-state index in [1.807, 2.05) is 0 Å². The Hall–Kier alpha value is -1.02. The number of anilines is 1. The van der Waals surface area contributed by atoms with Gasteiger partial charge in [0.05, 0.1) is 0 Å². The quantitative estimate of drug-likeness (QED) is 0.874. The Morgan fingerprint density at radius 1 is 1.00 bits per heavy atom. The van der Waals surface area contributed by atoms with Crippen molar-refractivity contribution in [1.82, 2.24) is 4.90 Å². The Morgan fingerprint density at radius 3 is 2.05 bits per heavy atom. The highest BCUT2D eigenvalue weighted by Crippen LogP contribution is 2.35. The van der Waals surface area contributed by atoms with Gasteiger partial charge in [-0.1, -0.05) is 32.9 Å². The van der Waals surface area contributed by atoms with Crippen LogP contribution in [-0.4, -0.2) is 30.1 Å². The van der Waals surface area contributed by atoms with E-state index >= 15 is 0 Å². The minimum atomic E-state index is 0.241. The molecule has 2 atom stereocenters. The second-order valence-electron chi connectivity index (χ2n) is 7.69. The molecule has 0 spiro atoms. The van der Waals surface area contributed by atoms with Crippen LogP contribution < -0.4 is 5.32 Å². The molecule has 0 aromatic heterocycles. The lowest BCUT2D eigenvalue weighted by atomic mass is 9.87. The molecule has 2 bridgehead atoms. The van der Waals surface area contributed by atoms with Gasteiger partial charge in [-0.2, -0.15) is 0 Å². The van der Waals surface area contributed by atoms with Crippen LogP contribution >= 0.6 is 0 Å². The second kappa shape index (κ2) is 5.07. The third-order valence-electron chi connectivity index (χ3n) is 5.22. The topological polar surface area (TPSA) is 15.3 Å². The van der Waals surface area contributed by atoms with Gasteiger partial charge in [0.25, 0.3) is 0 Å². The third-order valence-corrected chi connectivity index (χ3v) is 5.22. The van der Waals surface area contributed by atoms with Gasteiger partial charge in [0.1, 0.15) is 0 Å². The Morgan fingerprint density at radius 2 is 1.55 bits per heavy atom. The van der Waals surface area contributed by atoms with E-state index in [9.17, 15) is 0 Å². The molecule has 2 saturated heterocycles. The summed E-state index contributed by atoms with van der Waals surface area (Å²) in [5, 5.41) is 3.75. The van der Waals surface area contributed by atoms with Crippen LogP contribution in [0.3, 0.4) is 0 Å². The molecule has 2 heterocycles. The summed E-state index contributed by atoms with van der Waals surface area (Å²) in [6.07, 6.45) is 5.38. The number of hydrogen-bond donors (Lipinski definition) is 1. The number of benzene rings is 1. The molecule has 110 valence electrons. The van der Waals surface area contributed by atoms with Gasteiger partial charge in [0.15, 0.2) is 0 Å². The van der Waals surface area contributed by atoms with Crippen molar-refractivity contribution in [2.75, 3.05) is 12.4 Å². The van der Waals surface area contributed by atoms with E-state index in [1.165, 1.54) is 36.9 Å². The fourth-order valence-electron chi connectivity index (χ4n) is 3.83. The summed E-state index contributed by atoms with van der Waals surface area (Å²) in [7, 11) is 2.30. The molecule has 2 aliphatic heterocycles. The fraction of sp³-hybridized carbons (Fsp3) is 0.667. The number of hydrogen-bond acceptors (Lipinski definition) is 2. The SMILES string of the molecule is CN1C2CCC1CC(Nc1ccc(C(C)(C)C)cc1)C2. The maximum absolute atomic E-state index is 3.75. The van der Waals surface area contributed by atoms with Crippen molar-refractivity contribution < 1.29 is 0 Å².